The minimum atomic E-state index is -3.11. The van der Waals surface area contributed by atoms with E-state index in [0.717, 1.165) is 7.11 Å². The van der Waals surface area contributed by atoms with Crippen LogP contribution in [-0.4, -0.2) is 45.8 Å². The van der Waals surface area contributed by atoms with Gasteiger partial charge in [-0.1, -0.05) is 12.1 Å². The zero-order valence-corrected chi connectivity index (χ0v) is 20.7. The molecule has 4 rings (SSSR count). The van der Waals surface area contributed by atoms with Crippen molar-refractivity contribution in [2.45, 2.75) is 45.5 Å². The second kappa shape index (κ2) is 10.6. The van der Waals surface area contributed by atoms with Gasteiger partial charge >= 0.3 is 12.6 Å². The van der Waals surface area contributed by atoms with E-state index in [4.69, 9.17) is 9.47 Å². The SMILES string of the molecule is COC(=O)C[C@H](c1cccc(OC(F)F)c1)c1c(O)c(C(C)=O)cc([C@@H]2OCc3cnc(C)c(O)c32)c1O. The maximum Gasteiger partial charge on any atom is 0.387 e. The predicted octanol–water partition coefficient (Wildman–Crippen LogP) is 4.63. The van der Waals surface area contributed by atoms with Gasteiger partial charge in [0.05, 0.1) is 31.4 Å². The highest BCUT2D eigenvalue weighted by Crippen LogP contribution is 2.50. The highest BCUT2D eigenvalue weighted by Gasteiger charge is 2.36. The number of phenols is 2. The minimum Gasteiger partial charge on any atom is -0.507 e. The second-order valence-electron chi connectivity index (χ2n) is 8.79. The smallest absolute Gasteiger partial charge is 0.387 e. The van der Waals surface area contributed by atoms with Crippen LogP contribution in [0.5, 0.6) is 23.0 Å². The summed E-state index contributed by atoms with van der Waals surface area (Å²) < 4.78 is 40.9. The van der Waals surface area contributed by atoms with Crippen molar-refractivity contribution in [2.24, 2.45) is 0 Å². The Bertz CT molecular complexity index is 1410. The van der Waals surface area contributed by atoms with Crippen LogP contribution in [0.1, 0.15) is 69.2 Å². The molecule has 0 bridgehead atoms. The number of carbonyl (C=O) groups excluding carboxylic acids is 2. The number of esters is 1. The molecule has 0 amide bonds. The number of hydrogen-bond acceptors (Lipinski definition) is 9. The van der Waals surface area contributed by atoms with Gasteiger partial charge in [0.25, 0.3) is 0 Å². The highest BCUT2D eigenvalue weighted by molar-refractivity contribution is 5.98. The van der Waals surface area contributed by atoms with E-state index in [1.807, 2.05) is 0 Å². The van der Waals surface area contributed by atoms with Gasteiger partial charge in [-0.15, -0.1) is 0 Å². The van der Waals surface area contributed by atoms with Crippen LogP contribution in [0.15, 0.2) is 36.5 Å². The van der Waals surface area contributed by atoms with Gasteiger partial charge in [0.1, 0.15) is 29.1 Å². The molecule has 0 fully saturated rings. The summed E-state index contributed by atoms with van der Waals surface area (Å²) in [5, 5.41) is 33.4. The van der Waals surface area contributed by atoms with Gasteiger partial charge in [0, 0.05) is 34.4 Å². The van der Waals surface area contributed by atoms with E-state index >= 15 is 0 Å². The number of aromatic nitrogens is 1. The Labute approximate surface area is 216 Å². The predicted molar refractivity (Wildman–Crippen MR) is 129 cm³/mol. The molecule has 2 aromatic carbocycles. The molecule has 1 aliphatic rings. The summed E-state index contributed by atoms with van der Waals surface area (Å²) in [6.07, 6.45) is 0.0762. The van der Waals surface area contributed by atoms with E-state index in [0.29, 0.717) is 16.8 Å². The maximum absolute atomic E-state index is 12.9. The van der Waals surface area contributed by atoms with E-state index in [2.05, 4.69) is 9.72 Å². The van der Waals surface area contributed by atoms with Crippen LogP contribution in [0.2, 0.25) is 0 Å². The quantitative estimate of drug-likeness (QED) is 0.282. The average Bonchev–Trinajstić information content (AvgIpc) is 3.29. The molecule has 0 aliphatic carbocycles. The first-order valence-electron chi connectivity index (χ1n) is 11.5. The van der Waals surface area contributed by atoms with Crippen molar-refractivity contribution in [1.29, 1.82) is 0 Å². The number of ether oxygens (including phenoxy) is 3. The van der Waals surface area contributed by atoms with Crippen molar-refractivity contribution >= 4 is 11.8 Å². The van der Waals surface area contributed by atoms with Crippen LogP contribution in [-0.2, 0) is 20.9 Å². The number of methoxy groups -OCH3 is 1. The Morgan fingerprint density at radius 3 is 2.55 bits per heavy atom. The molecule has 3 aromatic rings. The number of alkyl halides is 2. The highest BCUT2D eigenvalue weighted by atomic mass is 19.3. The largest absolute Gasteiger partial charge is 0.507 e. The Morgan fingerprint density at radius 2 is 1.89 bits per heavy atom. The first-order chi connectivity index (χ1) is 18.0. The lowest BCUT2D eigenvalue weighted by Gasteiger charge is -2.25. The third kappa shape index (κ3) is 4.97. The summed E-state index contributed by atoms with van der Waals surface area (Å²) in [6, 6.07) is 6.68. The van der Waals surface area contributed by atoms with Crippen molar-refractivity contribution < 1.29 is 47.9 Å². The van der Waals surface area contributed by atoms with Crippen LogP contribution in [0, 0.1) is 6.92 Å². The number of fused-ring (bicyclic) bond motifs is 1. The number of rotatable bonds is 8. The summed E-state index contributed by atoms with van der Waals surface area (Å²) in [4.78, 5) is 29.0. The van der Waals surface area contributed by atoms with Crippen molar-refractivity contribution in [3.8, 4) is 23.0 Å². The first-order valence-corrected chi connectivity index (χ1v) is 11.5. The first kappa shape index (κ1) is 26.8. The van der Waals surface area contributed by atoms with E-state index in [9.17, 15) is 33.7 Å². The fourth-order valence-corrected chi connectivity index (χ4v) is 4.61. The Morgan fingerprint density at radius 1 is 1.16 bits per heavy atom. The van der Waals surface area contributed by atoms with Crippen LogP contribution in [0.3, 0.4) is 0 Å². The van der Waals surface area contributed by atoms with E-state index in [-0.39, 0.29) is 40.4 Å². The number of benzene rings is 2. The molecular weight excluding hydrogens is 504 g/mol. The molecule has 1 aromatic heterocycles. The fourth-order valence-electron chi connectivity index (χ4n) is 4.61. The molecule has 0 saturated carbocycles. The number of hydrogen-bond donors (Lipinski definition) is 3. The molecule has 1 aliphatic heterocycles. The Kier molecular flexibility index (Phi) is 7.49. The lowest BCUT2D eigenvalue weighted by atomic mass is 9.83. The third-order valence-corrected chi connectivity index (χ3v) is 6.46. The van der Waals surface area contributed by atoms with E-state index in [1.54, 1.807) is 6.92 Å². The molecule has 2 atom stereocenters. The van der Waals surface area contributed by atoms with Gasteiger partial charge in [-0.2, -0.15) is 8.78 Å². The third-order valence-electron chi connectivity index (χ3n) is 6.46. The number of carbonyl (C=O) groups is 2. The molecule has 11 heteroatoms. The number of pyridine rings is 1. The zero-order chi connectivity index (χ0) is 27.7. The molecule has 200 valence electrons. The summed E-state index contributed by atoms with van der Waals surface area (Å²) in [5.41, 5.74) is 1.12. The van der Waals surface area contributed by atoms with Gasteiger partial charge in [0.2, 0.25) is 0 Å². The van der Waals surface area contributed by atoms with Crippen molar-refractivity contribution in [1.82, 2.24) is 4.98 Å². The molecule has 0 unspecified atom stereocenters. The molecule has 0 saturated heterocycles. The number of ketones is 1. The summed E-state index contributed by atoms with van der Waals surface area (Å²) in [5.74, 6) is -3.89. The monoisotopic (exact) mass is 529 g/mol. The minimum absolute atomic E-state index is 0.0532. The van der Waals surface area contributed by atoms with Gasteiger partial charge in [-0.3, -0.25) is 14.6 Å². The standard InChI is InChI=1S/C27H25F2NO8/c1-12-23(33)21-15(10-30-12)11-37-26(21)19-8-17(13(2)31)24(34)22(25(19)35)18(9-20(32)36-3)14-5-4-6-16(7-14)38-27(28)29/h4-8,10,18,26-27,33-35H,9,11H2,1-3H3/t18-,26+/m1/s1. The van der Waals surface area contributed by atoms with Crippen LogP contribution >= 0.6 is 0 Å². The number of phenolic OH excluding ortho intramolecular Hbond substituents is 2. The molecule has 0 spiro atoms. The molecule has 2 heterocycles. The van der Waals surface area contributed by atoms with E-state index in [1.165, 1.54) is 43.5 Å². The summed E-state index contributed by atoms with van der Waals surface area (Å²) in [6.45, 7) is -0.246. The summed E-state index contributed by atoms with van der Waals surface area (Å²) in [7, 11) is 1.15. The van der Waals surface area contributed by atoms with Crippen molar-refractivity contribution in [3.63, 3.8) is 0 Å². The molecule has 38 heavy (non-hydrogen) atoms. The number of Topliss-reactive ketones (excluding diaryl/α,β-unsaturated/α-hetero) is 1. The number of aryl methyl sites for hydroxylation is 1. The topological polar surface area (TPSA) is 135 Å². The molecular formula is C27H25F2NO8. The Hall–Kier alpha value is -4.25. The zero-order valence-electron chi connectivity index (χ0n) is 20.7. The summed E-state index contributed by atoms with van der Waals surface area (Å²) >= 11 is 0. The number of nitrogens with zero attached hydrogens (tertiary/aromatic N) is 1. The lowest BCUT2D eigenvalue weighted by Crippen LogP contribution is -2.14. The van der Waals surface area contributed by atoms with Crippen molar-refractivity contribution in [3.05, 3.63) is 75.6 Å². The lowest BCUT2D eigenvalue weighted by molar-refractivity contribution is -0.140. The van der Waals surface area contributed by atoms with Crippen LogP contribution in [0.4, 0.5) is 8.78 Å². The molecule has 0 radical (unpaired) electrons. The molecule has 3 N–H and O–H groups in total. The van der Waals surface area contributed by atoms with Crippen molar-refractivity contribution in [2.75, 3.05) is 7.11 Å². The number of aromatic hydroxyl groups is 3. The van der Waals surface area contributed by atoms with E-state index < -0.39 is 48.3 Å². The van der Waals surface area contributed by atoms with Crippen LogP contribution in [0.25, 0.3) is 0 Å². The van der Waals surface area contributed by atoms with Crippen LogP contribution < -0.4 is 4.74 Å². The fraction of sp³-hybridized carbons (Fsp3) is 0.296. The second-order valence-corrected chi connectivity index (χ2v) is 8.79. The van der Waals surface area contributed by atoms with Gasteiger partial charge in [0.15, 0.2) is 5.78 Å². The normalized spacial score (nSPS) is 15.3. The van der Waals surface area contributed by atoms with Gasteiger partial charge in [-0.25, -0.2) is 0 Å². The average molecular weight is 529 g/mol. The maximum atomic E-state index is 12.9. The Balaban J connectivity index is 1.96. The molecule has 9 nitrogen and oxygen atoms in total. The number of halogens is 2. The van der Waals surface area contributed by atoms with Gasteiger partial charge < -0.3 is 29.5 Å². The van der Waals surface area contributed by atoms with Gasteiger partial charge in [-0.05, 0) is 37.6 Å².